The number of hydrogen-bond acceptors (Lipinski definition) is 5. The summed E-state index contributed by atoms with van der Waals surface area (Å²) in [5.74, 6) is 1.53. The zero-order valence-corrected chi connectivity index (χ0v) is 13.4. The van der Waals surface area contributed by atoms with Crippen LogP contribution in [0.4, 0.5) is 5.82 Å². The van der Waals surface area contributed by atoms with Gasteiger partial charge >= 0.3 is 0 Å². The van der Waals surface area contributed by atoms with E-state index < -0.39 is 0 Å². The largest absolute Gasteiger partial charge is 0.353 e. The monoisotopic (exact) mass is 305 g/mol. The Morgan fingerprint density at radius 3 is 2.59 bits per heavy atom. The van der Waals surface area contributed by atoms with Gasteiger partial charge in [-0.25, -0.2) is 9.97 Å². The number of hydrogen-bond donors (Lipinski definition) is 1. The normalized spacial score (nSPS) is 15.1. The van der Waals surface area contributed by atoms with E-state index in [0.717, 1.165) is 12.2 Å². The number of rotatable bonds is 5. The van der Waals surface area contributed by atoms with Crippen molar-refractivity contribution in [1.29, 1.82) is 0 Å². The average molecular weight is 305 g/mol. The van der Waals surface area contributed by atoms with Gasteiger partial charge in [0.15, 0.2) is 0 Å². The summed E-state index contributed by atoms with van der Waals surface area (Å²) in [5.41, 5.74) is 0.390. The highest BCUT2D eigenvalue weighted by Gasteiger charge is 2.19. The van der Waals surface area contributed by atoms with Crippen molar-refractivity contribution in [3.63, 3.8) is 0 Å². The van der Waals surface area contributed by atoms with Crippen LogP contribution in [0.1, 0.15) is 30.2 Å². The van der Waals surface area contributed by atoms with Gasteiger partial charge < -0.3 is 15.1 Å². The maximum Gasteiger partial charge on any atom is 0.270 e. The van der Waals surface area contributed by atoms with Crippen LogP contribution in [0.15, 0.2) is 6.07 Å². The lowest BCUT2D eigenvalue weighted by molar-refractivity contribution is -0.118. The minimum atomic E-state index is -0.174. The second-order valence-corrected chi connectivity index (χ2v) is 5.89. The molecule has 0 bridgehead atoms. The van der Waals surface area contributed by atoms with Gasteiger partial charge in [-0.05, 0) is 12.8 Å². The number of carbonyl (C=O) groups excluding carboxylic acids is 2. The number of nitrogens with zero attached hydrogens (tertiary/aromatic N) is 4. The number of nitrogens with one attached hydrogen (secondary N) is 1. The Balaban J connectivity index is 2.10. The molecule has 0 unspecified atom stereocenters. The first-order valence-electron chi connectivity index (χ1n) is 7.57. The molecule has 2 rings (SSSR count). The molecule has 1 N–H and O–H groups in total. The summed E-state index contributed by atoms with van der Waals surface area (Å²) in [5, 5.41) is 2.87. The maximum atomic E-state index is 12.2. The molecule has 0 spiro atoms. The van der Waals surface area contributed by atoms with Crippen LogP contribution in [-0.4, -0.2) is 59.9 Å². The highest BCUT2D eigenvalue weighted by molar-refractivity contribution is 5.92. The molecule has 0 radical (unpaired) electrons. The summed E-state index contributed by atoms with van der Waals surface area (Å²) < 4.78 is 0. The van der Waals surface area contributed by atoms with Crippen molar-refractivity contribution in [2.45, 2.75) is 20.8 Å². The van der Waals surface area contributed by atoms with E-state index in [-0.39, 0.29) is 5.91 Å². The van der Waals surface area contributed by atoms with Gasteiger partial charge in [0.25, 0.3) is 5.91 Å². The van der Waals surface area contributed by atoms with Crippen molar-refractivity contribution < 1.29 is 9.59 Å². The Kier molecular flexibility index (Phi) is 5.30. The quantitative estimate of drug-likeness (QED) is 0.799. The molecule has 0 aromatic carbocycles. The van der Waals surface area contributed by atoms with E-state index in [1.807, 2.05) is 13.8 Å². The summed E-state index contributed by atoms with van der Waals surface area (Å²) in [4.78, 5) is 35.4. The Morgan fingerprint density at radius 1 is 1.32 bits per heavy atom. The van der Waals surface area contributed by atoms with E-state index in [2.05, 4.69) is 20.2 Å². The predicted octanol–water partition coefficient (Wildman–Crippen LogP) is 0.449. The van der Waals surface area contributed by atoms with E-state index >= 15 is 0 Å². The van der Waals surface area contributed by atoms with Crippen molar-refractivity contribution in [3.8, 4) is 0 Å². The first-order chi connectivity index (χ1) is 10.5. The molecule has 2 heterocycles. The highest BCUT2D eigenvalue weighted by Crippen LogP contribution is 2.15. The second kappa shape index (κ2) is 7.20. The van der Waals surface area contributed by atoms with Gasteiger partial charge in [-0.15, -0.1) is 0 Å². The topological polar surface area (TPSA) is 78.4 Å². The lowest BCUT2D eigenvalue weighted by Gasteiger charge is -2.33. The average Bonchev–Trinajstić information content (AvgIpc) is 2.52. The number of anilines is 1. The van der Waals surface area contributed by atoms with Crippen LogP contribution in [0.2, 0.25) is 0 Å². The van der Waals surface area contributed by atoms with Gasteiger partial charge in [-0.1, -0.05) is 13.8 Å². The van der Waals surface area contributed by atoms with Gasteiger partial charge in [0, 0.05) is 38.8 Å². The molecule has 1 aliphatic rings. The molecule has 2 amide bonds. The first kappa shape index (κ1) is 16.2. The molecule has 22 heavy (non-hydrogen) atoms. The van der Waals surface area contributed by atoms with Crippen LogP contribution >= 0.6 is 0 Å². The van der Waals surface area contributed by atoms with E-state index in [9.17, 15) is 9.59 Å². The Hall–Kier alpha value is -2.18. The summed E-state index contributed by atoms with van der Waals surface area (Å²) in [6.07, 6.45) is 0.868. The second-order valence-electron chi connectivity index (χ2n) is 5.89. The SMILES string of the molecule is Cc1nc(C(=O)NCC(C)C)cc(N2CCN(C=O)CC2)n1. The van der Waals surface area contributed by atoms with Crippen molar-refractivity contribution in [2.75, 3.05) is 37.6 Å². The summed E-state index contributed by atoms with van der Waals surface area (Å²) in [6.45, 7) is 9.25. The molecule has 7 nitrogen and oxygen atoms in total. The Labute approximate surface area is 130 Å². The van der Waals surface area contributed by atoms with E-state index in [0.29, 0.717) is 50.2 Å². The number of piperazine rings is 1. The van der Waals surface area contributed by atoms with Crippen LogP contribution in [-0.2, 0) is 4.79 Å². The van der Waals surface area contributed by atoms with E-state index in [1.54, 1.807) is 17.9 Å². The molecule has 1 aromatic heterocycles. The predicted molar refractivity (Wildman–Crippen MR) is 83.8 cm³/mol. The van der Waals surface area contributed by atoms with E-state index in [1.165, 1.54) is 0 Å². The van der Waals surface area contributed by atoms with Gasteiger partial charge in [-0.2, -0.15) is 0 Å². The summed E-state index contributed by atoms with van der Waals surface area (Å²) in [6, 6.07) is 1.72. The van der Waals surface area contributed by atoms with Crippen LogP contribution in [0.25, 0.3) is 0 Å². The van der Waals surface area contributed by atoms with Crippen LogP contribution < -0.4 is 10.2 Å². The van der Waals surface area contributed by atoms with Crippen molar-refractivity contribution >= 4 is 18.1 Å². The standard InChI is InChI=1S/C15H23N5O2/c1-11(2)9-16-15(22)13-8-14(18-12(3)17-13)20-6-4-19(10-21)5-7-20/h8,10-11H,4-7,9H2,1-3H3,(H,16,22). The maximum absolute atomic E-state index is 12.2. The molecule has 1 saturated heterocycles. The van der Waals surface area contributed by atoms with Crippen molar-refractivity contribution in [3.05, 3.63) is 17.6 Å². The third kappa shape index (κ3) is 4.16. The fourth-order valence-electron chi connectivity index (χ4n) is 2.27. The van der Waals surface area contributed by atoms with Gasteiger partial charge in [0.05, 0.1) is 0 Å². The summed E-state index contributed by atoms with van der Waals surface area (Å²) in [7, 11) is 0. The molecule has 7 heteroatoms. The number of aryl methyl sites for hydroxylation is 1. The lowest BCUT2D eigenvalue weighted by Crippen LogP contribution is -2.46. The molecular formula is C15H23N5O2. The fourth-order valence-corrected chi connectivity index (χ4v) is 2.27. The molecular weight excluding hydrogens is 282 g/mol. The van der Waals surface area contributed by atoms with Gasteiger partial charge in [0.2, 0.25) is 6.41 Å². The number of carbonyl (C=O) groups is 2. The number of aromatic nitrogens is 2. The summed E-state index contributed by atoms with van der Waals surface area (Å²) >= 11 is 0. The molecule has 1 aromatic rings. The molecule has 1 aliphatic heterocycles. The van der Waals surface area contributed by atoms with Crippen molar-refractivity contribution in [1.82, 2.24) is 20.2 Å². The lowest BCUT2D eigenvalue weighted by atomic mass is 10.2. The Morgan fingerprint density at radius 2 is 2.00 bits per heavy atom. The smallest absolute Gasteiger partial charge is 0.270 e. The minimum Gasteiger partial charge on any atom is -0.353 e. The fraction of sp³-hybridized carbons (Fsp3) is 0.600. The first-order valence-corrected chi connectivity index (χ1v) is 7.57. The van der Waals surface area contributed by atoms with E-state index in [4.69, 9.17) is 0 Å². The van der Waals surface area contributed by atoms with Gasteiger partial charge in [0.1, 0.15) is 17.3 Å². The molecule has 120 valence electrons. The minimum absolute atomic E-state index is 0.174. The molecule has 1 fully saturated rings. The zero-order chi connectivity index (χ0) is 16.1. The Bertz CT molecular complexity index is 539. The number of amides is 2. The van der Waals surface area contributed by atoms with Crippen molar-refractivity contribution in [2.24, 2.45) is 5.92 Å². The third-order valence-electron chi connectivity index (χ3n) is 3.52. The van der Waals surface area contributed by atoms with Crippen LogP contribution in [0.3, 0.4) is 0 Å². The van der Waals surface area contributed by atoms with Gasteiger partial charge in [-0.3, -0.25) is 9.59 Å². The van der Waals surface area contributed by atoms with Crippen LogP contribution in [0, 0.1) is 12.8 Å². The zero-order valence-electron chi connectivity index (χ0n) is 13.4. The third-order valence-corrected chi connectivity index (χ3v) is 3.52. The molecule has 0 aliphatic carbocycles. The van der Waals surface area contributed by atoms with Crippen LogP contribution in [0.5, 0.6) is 0 Å². The molecule has 0 saturated carbocycles. The highest BCUT2D eigenvalue weighted by atomic mass is 16.2. The molecule has 0 atom stereocenters.